The fraction of sp³-hybridized carbons (Fsp3) is 0.562. The monoisotopic (exact) mass is 517 g/mol. The van der Waals surface area contributed by atoms with Crippen LogP contribution in [0.1, 0.15) is 68.4 Å². The molecular formula is C32H43N3O3. The number of nitrogens with one attached hydrogen (secondary N) is 1. The van der Waals surface area contributed by atoms with Gasteiger partial charge in [-0.1, -0.05) is 61.4 Å². The molecule has 2 amide bonds. The average Bonchev–Trinajstić information content (AvgIpc) is 2.97. The van der Waals surface area contributed by atoms with Gasteiger partial charge in [-0.2, -0.15) is 0 Å². The van der Waals surface area contributed by atoms with Crippen molar-refractivity contribution in [3.05, 3.63) is 65.7 Å². The van der Waals surface area contributed by atoms with Gasteiger partial charge in [0.1, 0.15) is 12.4 Å². The van der Waals surface area contributed by atoms with E-state index in [1.807, 2.05) is 17.0 Å². The summed E-state index contributed by atoms with van der Waals surface area (Å²) in [6.07, 6.45) is 8.87. The highest BCUT2D eigenvalue weighted by atomic mass is 16.5. The normalized spacial score (nSPS) is 21.8. The molecule has 0 radical (unpaired) electrons. The summed E-state index contributed by atoms with van der Waals surface area (Å²) in [7, 11) is 0. The van der Waals surface area contributed by atoms with Gasteiger partial charge >= 0.3 is 0 Å². The summed E-state index contributed by atoms with van der Waals surface area (Å²) in [6, 6.07) is 19.0. The van der Waals surface area contributed by atoms with Crippen LogP contribution in [-0.2, 0) is 16.0 Å². The zero-order valence-corrected chi connectivity index (χ0v) is 22.7. The number of piperidine rings is 2. The second kappa shape index (κ2) is 12.8. The van der Waals surface area contributed by atoms with Gasteiger partial charge < -0.3 is 15.0 Å². The van der Waals surface area contributed by atoms with E-state index in [0.717, 1.165) is 76.6 Å². The van der Waals surface area contributed by atoms with Crippen LogP contribution >= 0.6 is 0 Å². The number of amides is 2. The summed E-state index contributed by atoms with van der Waals surface area (Å²) in [5, 5.41) is 3.16. The molecule has 0 saturated carbocycles. The molecule has 0 aliphatic carbocycles. The molecule has 0 atom stereocenters. The van der Waals surface area contributed by atoms with Gasteiger partial charge in [-0.05, 0) is 81.1 Å². The van der Waals surface area contributed by atoms with Crippen LogP contribution in [0.3, 0.4) is 0 Å². The Morgan fingerprint density at radius 3 is 2.42 bits per heavy atom. The van der Waals surface area contributed by atoms with Gasteiger partial charge in [0, 0.05) is 13.1 Å². The van der Waals surface area contributed by atoms with Gasteiger partial charge in [0.05, 0.1) is 18.5 Å². The van der Waals surface area contributed by atoms with Crippen LogP contribution in [-0.4, -0.2) is 67.5 Å². The van der Waals surface area contributed by atoms with E-state index in [0.29, 0.717) is 38.7 Å². The van der Waals surface area contributed by atoms with E-state index >= 15 is 0 Å². The van der Waals surface area contributed by atoms with Gasteiger partial charge in [-0.15, -0.1) is 0 Å². The lowest BCUT2D eigenvalue weighted by Crippen LogP contribution is -2.52. The van der Waals surface area contributed by atoms with Crippen LogP contribution in [0.4, 0.5) is 0 Å². The van der Waals surface area contributed by atoms with Crippen LogP contribution in [0, 0.1) is 5.41 Å². The third-order valence-corrected chi connectivity index (χ3v) is 8.99. The molecule has 1 N–H and O–H groups in total. The lowest BCUT2D eigenvalue weighted by molar-refractivity contribution is -0.142. The number of para-hydroxylation sites is 1. The number of fused-ring (bicyclic) bond motifs is 1. The van der Waals surface area contributed by atoms with Gasteiger partial charge in [0.15, 0.2) is 0 Å². The number of hydrogen-bond acceptors (Lipinski definition) is 4. The molecule has 2 fully saturated rings. The molecule has 0 unspecified atom stereocenters. The Bertz CT molecular complexity index is 1060. The SMILES string of the molecule is O=C(CN1CCC(c2ccccc2)CC1)N1CCC2(CCCCCc3ccccc3OCCNC2=O)CC1. The standard InChI is InChI=1S/C32H43N3O3/c36-30(25-34-20-14-27(15-21-34)26-9-3-1-4-10-26)35-22-17-32(18-23-35)16-8-2-5-11-28-12-6-7-13-29(28)38-24-19-33-31(32)37/h1,3-4,6-7,9-10,12-13,27H,2,5,8,11,14-25H2,(H,33,37). The minimum absolute atomic E-state index is 0.142. The van der Waals surface area contributed by atoms with Crippen LogP contribution in [0.25, 0.3) is 0 Å². The van der Waals surface area contributed by atoms with Crippen molar-refractivity contribution >= 4 is 11.8 Å². The zero-order valence-electron chi connectivity index (χ0n) is 22.7. The second-order valence-electron chi connectivity index (χ2n) is 11.4. The van der Waals surface area contributed by atoms with E-state index in [2.05, 4.69) is 52.7 Å². The quantitative estimate of drug-likeness (QED) is 0.636. The van der Waals surface area contributed by atoms with Crippen molar-refractivity contribution in [1.29, 1.82) is 0 Å². The van der Waals surface area contributed by atoms with Gasteiger partial charge in [0.25, 0.3) is 0 Å². The van der Waals surface area contributed by atoms with E-state index < -0.39 is 0 Å². The van der Waals surface area contributed by atoms with Crippen LogP contribution < -0.4 is 10.1 Å². The Labute approximate surface area is 227 Å². The fourth-order valence-electron chi connectivity index (χ4n) is 6.54. The third-order valence-electron chi connectivity index (χ3n) is 8.99. The second-order valence-corrected chi connectivity index (χ2v) is 11.4. The lowest BCUT2D eigenvalue weighted by Gasteiger charge is -2.41. The van der Waals surface area contributed by atoms with Crippen LogP contribution in [0.5, 0.6) is 5.75 Å². The van der Waals surface area contributed by atoms with E-state index in [4.69, 9.17) is 4.74 Å². The summed E-state index contributed by atoms with van der Waals surface area (Å²) in [5.74, 6) is 1.89. The van der Waals surface area contributed by atoms with Gasteiger partial charge in [0.2, 0.25) is 11.8 Å². The topological polar surface area (TPSA) is 61.9 Å². The Morgan fingerprint density at radius 2 is 1.63 bits per heavy atom. The van der Waals surface area contributed by atoms with Crippen molar-refractivity contribution in [2.75, 3.05) is 45.9 Å². The smallest absolute Gasteiger partial charge is 0.236 e. The molecule has 3 heterocycles. The maximum absolute atomic E-state index is 13.4. The summed E-state index contributed by atoms with van der Waals surface area (Å²) >= 11 is 0. The minimum atomic E-state index is -0.369. The molecule has 6 heteroatoms. The highest BCUT2D eigenvalue weighted by Gasteiger charge is 2.41. The number of carbonyl (C=O) groups is 2. The highest BCUT2D eigenvalue weighted by Crippen LogP contribution is 2.38. The molecular weight excluding hydrogens is 474 g/mol. The summed E-state index contributed by atoms with van der Waals surface area (Å²) in [5.41, 5.74) is 2.30. The summed E-state index contributed by atoms with van der Waals surface area (Å²) in [4.78, 5) is 30.9. The Kier molecular flexibility index (Phi) is 9.00. The van der Waals surface area contributed by atoms with E-state index in [1.165, 1.54) is 11.1 Å². The molecule has 2 saturated heterocycles. The van der Waals surface area contributed by atoms with Crippen molar-refractivity contribution in [3.63, 3.8) is 0 Å². The molecule has 0 bridgehead atoms. The third kappa shape index (κ3) is 6.58. The molecule has 2 aromatic rings. The fourth-order valence-corrected chi connectivity index (χ4v) is 6.54. The first-order chi connectivity index (χ1) is 18.6. The number of likely N-dealkylation sites (tertiary alicyclic amines) is 2. The molecule has 204 valence electrons. The van der Waals surface area contributed by atoms with Crippen molar-refractivity contribution < 1.29 is 14.3 Å². The number of nitrogens with zero attached hydrogens (tertiary/aromatic N) is 2. The summed E-state index contributed by atoms with van der Waals surface area (Å²) < 4.78 is 6.01. The van der Waals surface area contributed by atoms with Crippen molar-refractivity contribution in [1.82, 2.24) is 15.1 Å². The highest BCUT2D eigenvalue weighted by molar-refractivity contribution is 5.83. The maximum Gasteiger partial charge on any atom is 0.236 e. The number of rotatable bonds is 3. The lowest BCUT2D eigenvalue weighted by atomic mass is 9.73. The number of benzene rings is 2. The van der Waals surface area contributed by atoms with Crippen LogP contribution in [0.2, 0.25) is 0 Å². The minimum Gasteiger partial charge on any atom is -0.491 e. The number of ether oxygens (including phenoxy) is 1. The van der Waals surface area contributed by atoms with E-state index in [9.17, 15) is 9.59 Å². The van der Waals surface area contributed by atoms with Gasteiger partial charge in [-0.3, -0.25) is 14.5 Å². The maximum atomic E-state index is 13.4. The van der Waals surface area contributed by atoms with Crippen molar-refractivity contribution in [3.8, 4) is 5.75 Å². The first-order valence-electron chi connectivity index (χ1n) is 14.7. The predicted octanol–water partition coefficient (Wildman–Crippen LogP) is 4.79. The molecule has 3 aliphatic heterocycles. The Morgan fingerprint density at radius 1 is 0.895 bits per heavy atom. The number of aryl methyl sites for hydroxylation is 1. The Hall–Kier alpha value is -2.86. The molecule has 3 aliphatic rings. The van der Waals surface area contributed by atoms with Crippen molar-refractivity contribution in [2.45, 2.75) is 63.7 Å². The molecule has 38 heavy (non-hydrogen) atoms. The molecule has 1 spiro atoms. The first kappa shape index (κ1) is 26.7. The first-order valence-corrected chi connectivity index (χ1v) is 14.7. The van der Waals surface area contributed by atoms with Crippen LogP contribution in [0.15, 0.2) is 54.6 Å². The number of hydrogen-bond donors (Lipinski definition) is 1. The molecule has 0 aromatic heterocycles. The van der Waals surface area contributed by atoms with Gasteiger partial charge in [-0.25, -0.2) is 0 Å². The molecule has 2 aromatic carbocycles. The molecule has 5 rings (SSSR count). The Balaban J connectivity index is 1.11. The van der Waals surface area contributed by atoms with Crippen molar-refractivity contribution in [2.24, 2.45) is 5.41 Å². The largest absolute Gasteiger partial charge is 0.491 e. The predicted molar refractivity (Wildman–Crippen MR) is 150 cm³/mol. The average molecular weight is 518 g/mol. The number of carbonyl (C=O) groups excluding carboxylic acids is 2. The van der Waals surface area contributed by atoms with E-state index in [-0.39, 0.29) is 17.2 Å². The van der Waals surface area contributed by atoms with E-state index in [1.54, 1.807) is 0 Å². The zero-order chi connectivity index (χ0) is 26.2. The molecule has 6 nitrogen and oxygen atoms in total. The summed E-state index contributed by atoms with van der Waals surface area (Å²) in [6.45, 7) is 4.78.